The van der Waals surface area contributed by atoms with Gasteiger partial charge in [0.15, 0.2) is 23.0 Å². The van der Waals surface area contributed by atoms with Crippen LogP contribution in [0, 0.1) is 0 Å². The number of likely N-dealkylation sites (N-methyl/N-ethyl adjacent to an activating group) is 1. The predicted octanol–water partition coefficient (Wildman–Crippen LogP) is 2.81. The highest BCUT2D eigenvalue weighted by Crippen LogP contribution is 2.42. The number of fused-ring (bicyclic) bond motifs is 2. The molecular formula is C18H16F2N2O5. The van der Waals surface area contributed by atoms with Crippen molar-refractivity contribution in [3.05, 3.63) is 42.0 Å². The van der Waals surface area contributed by atoms with Gasteiger partial charge in [0.05, 0.1) is 6.54 Å². The number of amides is 1. The number of anilines is 1. The van der Waals surface area contributed by atoms with Crippen LogP contribution < -0.4 is 24.3 Å². The minimum Gasteiger partial charge on any atom is -0.454 e. The summed E-state index contributed by atoms with van der Waals surface area (Å²) in [6.45, 7) is 0.842. The van der Waals surface area contributed by atoms with Gasteiger partial charge >= 0.3 is 6.29 Å². The lowest BCUT2D eigenvalue weighted by Gasteiger charge is -2.16. The first-order valence-electron chi connectivity index (χ1n) is 8.15. The van der Waals surface area contributed by atoms with Crippen LogP contribution >= 0.6 is 0 Å². The molecule has 0 unspecified atom stereocenters. The van der Waals surface area contributed by atoms with Crippen molar-refractivity contribution < 1.29 is 32.5 Å². The molecule has 2 aromatic rings. The third kappa shape index (κ3) is 3.87. The Morgan fingerprint density at radius 2 is 1.81 bits per heavy atom. The monoisotopic (exact) mass is 378 g/mol. The molecule has 2 heterocycles. The van der Waals surface area contributed by atoms with Crippen LogP contribution in [0.15, 0.2) is 36.4 Å². The van der Waals surface area contributed by atoms with Gasteiger partial charge < -0.3 is 24.3 Å². The molecule has 1 N–H and O–H groups in total. The van der Waals surface area contributed by atoms with E-state index in [1.54, 1.807) is 7.05 Å². The highest BCUT2D eigenvalue weighted by molar-refractivity contribution is 5.92. The fourth-order valence-electron chi connectivity index (χ4n) is 2.88. The third-order valence-electron chi connectivity index (χ3n) is 3.99. The van der Waals surface area contributed by atoms with Crippen LogP contribution in [0.25, 0.3) is 0 Å². The number of benzene rings is 2. The maximum Gasteiger partial charge on any atom is 0.586 e. The molecular weight excluding hydrogens is 362 g/mol. The fourth-order valence-corrected chi connectivity index (χ4v) is 2.88. The third-order valence-corrected chi connectivity index (χ3v) is 3.99. The summed E-state index contributed by atoms with van der Waals surface area (Å²) in [4.78, 5) is 14.0. The fraction of sp³-hybridized carbons (Fsp3) is 0.278. The standard InChI is InChI=1S/C18H16F2N2O5/c1-22(8-11-2-4-13-15(6-11)25-10-24-13)9-17(23)21-12-3-5-14-16(7-12)27-18(19,20)26-14/h2-7H,8-10H2,1H3,(H,21,23). The molecule has 0 radical (unpaired) electrons. The summed E-state index contributed by atoms with van der Waals surface area (Å²) >= 11 is 0. The van der Waals surface area contributed by atoms with Crippen molar-refractivity contribution in [3.63, 3.8) is 0 Å². The molecule has 0 aliphatic carbocycles. The lowest BCUT2D eigenvalue weighted by Crippen LogP contribution is -2.29. The molecule has 0 aromatic heterocycles. The summed E-state index contributed by atoms with van der Waals surface area (Å²) in [7, 11) is 1.80. The van der Waals surface area contributed by atoms with E-state index in [0.29, 0.717) is 23.7 Å². The highest BCUT2D eigenvalue weighted by Gasteiger charge is 2.43. The number of rotatable bonds is 5. The molecule has 142 valence electrons. The summed E-state index contributed by atoms with van der Waals surface area (Å²) in [5.74, 6) is 0.906. The lowest BCUT2D eigenvalue weighted by molar-refractivity contribution is -0.286. The first-order chi connectivity index (χ1) is 12.9. The van der Waals surface area contributed by atoms with Crippen molar-refractivity contribution in [2.45, 2.75) is 12.8 Å². The lowest BCUT2D eigenvalue weighted by atomic mass is 10.2. The van der Waals surface area contributed by atoms with E-state index < -0.39 is 6.29 Å². The molecule has 0 spiro atoms. The molecule has 2 aromatic carbocycles. The van der Waals surface area contributed by atoms with Crippen molar-refractivity contribution in [2.75, 3.05) is 25.7 Å². The van der Waals surface area contributed by atoms with Gasteiger partial charge in [-0.1, -0.05) is 6.07 Å². The van der Waals surface area contributed by atoms with Crippen LogP contribution in [0.2, 0.25) is 0 Å². The summed E-state index contributed by atoms with van der Waals surface area (Å²) < 4.78 is 45.4. The van der Waals surface area contributed by atoms with E-state index in [-0.39, 0.29) is 30.7 Å². The number of ether oxygens (including phenoxy) is 4. The summed E-state index contributed by atoms with van der Waals surface area (Å²) in [5.41, 5.74) is 1.32. The van der Waals surface area contributed by atoms with Gasteiger partial charge in [-0.05, 0) is 36.9 Å². The Kier molecular flexibility index (Phi) is 4.23. The van der Waals surface area contributed by atoms with Crippen molar-refractivity contribution in [1.29, 1.82) is 0 Å². The molecule has 2 aliphatic heterocycles. The number of carbonyl (C=O) groups is 1. The Labute approximate surface area is 153 Å². The SMILES string of the molecule is CN(CC(=O)Nc1ccc2c(c1)OC(F)(F)O2)Cc1ccc2c(c1)OCO2. The van der Waals surface area contributed by atoms with Crippen molar-refractivity contribution >= 4 is 11.6 Å². The van der Waals surface area contributed by atoms with Crippen LogP contribution in [-0.4, -0.2) is 37.5 Å². The van der Waals surface area contributed by atoms with Crippen LogP contribution in [0.1, 0.15) is 5.56 Å². The Morgan fingerprint density at radius 3 is 2.67 bits per heavy atom. The normalized spacial score (nSPS) is 15.9. The van der Waals surface area contributed by atoms with E-state index in [0.717, 1.165) is 5.56 Å². The zero-order valence-electron chi connectivity index (χ0n) is 14.3. The maximum atomic E-state index is 13.0. The molecule has 4 rings (SSSR count). The van der Waals surface area contributed by atoms with Crippen LogP contribution in [0.5, 0.6) is 23.0 Å². The van der Waals surface area contributed by atoms with E-state index in [4.69, 9.17) is 9.47 Å². The van der Waals surface area contributed by atoms with Gasteiger partial charge in [-0.15, -0.1) is 8.78 Å². The van der Waals surface area contributed by atoms with Gasteiger partial charge in [-0.2, -0.15) is 0 Å². The Morgan fingerprint density at radius 1 is 1.07 bits per heavy atom. The van der Waals surface area contributed by atoms with Gasteiger partial charge in [-0.25, -0.2) is 0 Å². The summed E-state index contributed by atoms with van der Waals surface area (Å²) in [5, 5.41) is 2.65. The Hall–Kier alpha value is -3.07. The minimum atomic E-state index is -3.68. The Balaban J connectivity index is 1.33. The second kappa shape index (κ2) is 6.58. The van der Waals surface area contributed by atoms with E-state index in [1.165, 1.54) is 18.2 Å². The molecule has 1 amide bonds. The van der Waals surface area contributed by atoms with E-state index in [9.17, 15) is 13.6 Å². The number of nitrogens with one attached hydrogen (secondary N) is 1. The van der Waals surface area contributed by atoms with Crippen LogP contribution in [0.3, 0.4) is 0 Å². The van der Waals surface area contributed by atoms with Gasteiger partial charge in [-0.3, -0.25) is 9.69 Å². The summed E-state index contributed by atoms with van der Waals surface area (Å²) in [6, 6.07) is 9.69. The second-order valence-corrected chi connectivity index (χ2v) is 6.24. The molecule has 0 saturated heterocycles. The van der Waals surface area contributed by atoms with Gasteiger partial charge in [0, 0.05) is 18.3 Å². The van der Waals surface area contributed by atoms with Crippen molar-refractivity contribution in [1.82, 2.24) is 4.90 Å². The first kappa shape index (κ1) is 17.3. The van der Waals surface area contributed by atoms with E-state index in [2.05, 4.69) is 14.8 Å². The number of nitrogens with zero attached hydrogens (tertiary/aromatic N) is 1. The second-order valence-electron chi connectivity index (χ2n) is 6.24. The van der Waals surface area contributed by atoms with E-state index >= 15 is 0 Å². The molecule has 7 nitrogen and oxygen atoms in total. The quantitative estimate of drug-likeness (QED) is 0.863. The zero-order chi connectivity index (χ0) is 19.0. The topological polar surface area (TPSA) is 69.3 Å². The average Bonchev–Trinajstić information content (AvgIpc) is 3.15. The number of hydrogen-bond donors (Lipinski definition) is 1. The Bertz CT molecular complexity index is 890. The number of carbonyl (C=O) groups excluding carboxylic acids is 1. The van der Waals surface area contributed by atoms with Crippen LogP contribution in [-0.2, 0) is 11.3 Å². The zero-order valence-corrected chi connectivity index (χ0v) is 14.3. The van der Waals surface area contributed by atoms with Gasteiger partial charge in [0.1, 0.15) is 0 Å². The maximum absolute atomic E-state index is 13.0. The van der Waals surface area contributed by atoms with Crippen LogP contribution in [0.4, 0.5) is 14.5 Å². The molecule has 0 fully saturated rings. The average molecular weight is 378 g/mol. The summed E-state index contributed by atoms with van der Waals surface area (Å²) in [6.07, 6.45) is -3.68. The predicted molar refractivity (Wildman–Crippen MR) is 90.2 cm³/mol. The molecule has 9 heteroatoms. The molecule has 27 heavy (non-hydrogen) atoms. The first-order valence-corrected chi connectivity index (χ1v) is 8.15. The highest BCUT2D eigenvalue weighted by atomic mass is 19.3. The largest absolute Gasteiger partial charge is 0.586 e. The number of alkyl halides is 2. The number of halogens is 2. The minimum absolute atomic E-state index is 0.0714. The van der Waals surface area contributed by atoms with E-state index in [1.807, 2.05) is 23.1 Å². The van der Waals surface area contributed by atoms with Gasteiger partial charge in [0.2, 0.25) is 12.7 Å². The molecule has 0 saturated carbocycles. The molecule has 2 aliphatic rings. The van der Waals surface area contributed by atoms with Crippen molar-refractivity contribution in [3.8, 4) is 23.0 Å². The smallest absolute Gasteiger partial charge is 0.454 e. The van der Waals surface area contributed by atoms with Gasteiger partial charge in [0.25, 0.3) is 0 Å². The molecule has 0 bridgehead atoms. The molecule has 0 atom stereocenters. The number of hydrogen-bond acceptors (Lipinski definition) is 6. The van der Waals surface area contributed by atoms with Crippen molar-refractivity contribution in [2.24, 2.45) is 0 Å².